The van der Waals surface area contributed by atoms with Crippen molar-refractivity contribution in [2.75, 3.05) is 0 Å². The Morgan fingerprint density at radius 1 is 0.800 bits per heavy atom. The van der Waals surface area contributed by atoms with E-state index in [-0.39, 0.29) is 11.2 Å². The third kappa shape index (κ3) is 2.53. The topological polar surface area (TPSA) is 80.6 Å². The summed E-state index contributed by atoms with van der Waals surface area (Å²) in [6.07, 6.45) is 0. The first-order valence-electron chi connectivity index (χ1n) is 7.77. The standard InChI is InChI=1S/C19H14N4O2/c1-23-17-16(18(24)22-19(23)25)20-14(12-8-4-2-5-9-12)15(21-17)13-10-6-3-7-11-13/h2-11H,1H3,(H,22,24,25). The van der Waals surface area contributed by atoms with Gasteiger partial charge in [0.15, 0.2) is 11.2 Å². The van der Waals surface area contributed by atoms with Crippen LogP contribution in [0, 0.1) is 0 Å². The van der Waals surface area contributed by atoms with Gasteiger partial charge in [-0.1, -0.05) is 60.7 Å². The van der Waals surface area contributed by atoms with Gasteiger partial charge in [0.2, 0.25) is 0 Å². The van der Waals surface area contributed by atoms with Crippen molar-refractivity contribution in [2.24, 2.45) is 7.05 Å². The fourth-order valence-corrected chi connectivity index (χ4v) is 2.74. The molecule has 0 bridgehead atoms. The highest BCUT2D eigenvalue weighted by molar-refractivity contribution is 5.84. The Kier molecular flexibility index (Phi) is 3.50. The molecule has 0 atom stereocenters. The van der Waals surface area contributed by atoms with Crippen LogP contribution in [0.3, 0.4) is 0 Å². The van der Waals surface area contributed by atoms with E-state index in [1.54, 1.807) is 7.05 Å². The van der Waals surface area contributed by atoms with Gasteiger partial charge < -0.3 is 0 Å². The molecular weight excluding hydrogens is 316 g/mol. The lowest BCUT2D eigenvalue weighted by atomic mass is 10.0. The van der Waals surface area contributed by atoms with Crippen molar-refractivity contribution < 1.29 is 0 Å². The average molecular weight is 330 g/mol. The summed E-state index contributed by atoms with van der Waals surface area (Å²) >= 11 is 0. The maximum atomic E-state index is 12.2. The van der Waals surface area contributed by atoms with Gasteiger partial charge in [0.05, 0.1) is 11.4 Å². The van der Waals surface area contributed by atoms with Crippen LogP contribution < -0.4 is 11.2 Å². The predicted octanol–water partition coefficient (Wildman–Crippen LogP) is 2.35. The van der Waals surface area contributed by atoms with E-state index in [9.17, 15) is 9.59 Å². The molecule has 1 N–H and O–H groups in total. The first kappa shape index (κ1) is 15.0. The maximum Gasteiger partial charge on any atom is 0.329 e. The van der Waals surface area contributed by atoms with Gasteiger partial charge in [0.25, 0.3) is 5.56 Å². The maximum absolute atomic E-state index is 12.2. The average Bonchev–Trinajstić information content (AvgIpc) is 2.66. The van der Waals surface area contributed by atoms with Crippen LogP contribution in [-0.4, -0.2) is 19.5 Å². The third-order valence-corrected chi connectivity index (χ3v) is 4.03. The van der Waals surface area contributed by atoms with Gasteiger partial charge in [-0.3, -0.25) is 14.3 Å². The second-order valence-electron chi connectivity index (χ2n) is 5.64. The van der Waals surface area contributed by atoms with E-state index in [4.69, 9.17) is 0 Å². The first-order chi connectivity index (χ1) is 12.1. The molecule has 122 valence electrons. The Bertz CT molecular complexity index is 1180. The molecule has 2 aromatic heterocycles. The number of hydrogen-bond acceptors (Lipinski definition) is 4. The molecule has 4 aromatic rings. The summed E-state index contributed by atoms with van der Waals surface area (Å²) < 4.78 is 1.30. The third-order valence-electron chi connectivity index (χ3n) is 4.03. The van der Waals surface area contributed by atoms with Crippen molar-refractivity contribution in [1.82, 2.24) is 19.5 Å². The Morgan fingerprint density at radius 2 is 1.32 bits per heavy atom. The van der Waals surface area contributed by atoms with E-state index < -0.39 is 11.2 Å². The highest BCUT2D eigenvalue weighted by Crippen LogP contribution is 2.29. The summed E-state index contributed by atoms with van der Waals surface area (Å²) in [7, 11) is 1.56. The number of rotatable bonds is 2. The molecule has 0 spiro atoms. The molecule has 0 fully saturated rings. The molecule has 6 nitrogen and oxygen atoms in total. The summed E-state index contributed by atoms with van der Waals surface area (Å²) in [6, 6.07) is 19.1. The van der Waals surface area contributed by atoms with E-state index >= 15 is 0 Å². The predicted molar refractivity (Wildman–Crippen MR) is 96.3 cm³/mol. The van der Waals surface area contributed by atoms with Crippen molar-refractivity contribution in [2.45, 2.75) is 0 Å². The number of H-pyrrole nitrogens is 1. The number of hydrogen-bond donors (Lipinski definition) is 1. The van der Waals surface area contributed by atoms with Gasteiger partial charge in [0.1, 0.15) is 0 Å². The molecule has 25 heavy (non-hydrogen) atoms. The smallest absolute Gasteiger partial charge is 0.279 e. The number of fused-ring (bicyclic) bond motifs is 1. The number of aryl methyl sites for hydroxylation is 1. The van der Waals surface area contributed by atoms with Crippen molar-refractivity contribution in [3.8, 4) is 22.5 Å². The molecule has 4 rings (SSSR count). The van der Waals surface area contributed by atoms with Crippen LogP contribution in [0.1, 0.15) is 0 Å². The highest BCUT2D eigenvalue weighted by atomic mass is 16.2. The molecule has 0 aliphatic heterocycles. The molecule has 0 amide bonds. The summed E-state index contributed by atoms with van der Waals surface area (Å²) in [5.74, 6) is 0. The summed E-state index contributed by atoms with van der Waals surface area (Å²) in [6.45, 7) is 0. The summed E-state index contributed by atoms with van der Waals surface area (Å²) in [4.78, 5) is 35.6. The van der Waals surface area contributed by atoms with Crippen LogP contribution in [0.5, 0.6) is 0 Å². The van der Waals surface area contributed by atoms with E-state index in [1.165, 1.54) is 4.57 Å². The Balaban J connectivity index is 2.15. The lowest BCUT2D eigenvalue weighted by molar-refractivity contribution is 0.825. The molecule has 0 unspecified atom stereocenters. The fourth-order valence-electron chi connectivity index (χ4n) is 2.74. The second kappa shape index (κ2) is 5.83. The minimum absolute atomic E-state index is 0.139. The zero-order valence-electron chi connectivity index (χ0n) is 13.4. The molecule has 0 aliphatic rings. The van der Waals surface area contributed by atoms with E-state index in [0.29, 0.717) is 11.4 Å². The Hall–Kier alpha value is -3.54. The van der Waals surface area contributed by atoms with Crippen LogP contribution in [-0.2, 0) is 7.05 Å². The number of aromatic nitrogens is 4. The molecule has 0 saturated heterocycles. The number of aromatic amines is 1. The van der Waals surface area contributed by atoms with E-state index in [0.717, 1.165) is 11.1 Å². The van der Waals surface area contributed by atoms with Crippen LogP contribution in [0.15, 0.2) is 70.3 Å². The van der Waals surface area contributed by atoms with Crippen LogP contribution in [0.2, 0.25) is 0 Å². The van der Waals surface area contributed by atoms with Crippen molar-refractivity contribution in [3.63, 3.8) is 0 Å². The first-order valence-corrected chi connectivity index (χ1v) is 7.77. The normalized spacial score (nSPS) is 10.9. The molecule has 0 aliphatic carbocycles. The molecule has 0 saturated carbocycles. The van der Waals surface area contributed by atoms with Crippen molar-refractivity contribution in [1.29, 1.82) is 0 Å². The monoisotopic (exact) mass is 330 g/mol. The van der Waals surface area contributed by atoms with Gasteiger partial charge in [0, 0.05) is 18.2 Å². The van der Waals surface area contributed by atoms with Crippen molar-refractivity contribution >= 4 is 11.2 Å². The molecule has 6 heteroatoms. The molecule has 2 heterocycles. The van der Waals surface area contributed by atoms with Crippen molar-refractivity contribution in [3.05, 3.63) is 81.5 Å². The molecule has 2 aromatic carbocycles. The SMILES string of the molecule is Cn1c(=O)[nH]c(=O)c2nc(-c3ccccc3)c(-c3ccccc3)nc21. The van der Waals surface area contributed by atoms with Gasteiger partial charge in [-0.25, -0.2) is 14.8 Å². The molecular formula is C19H14N4O2. The molecule has 0 radical (unpaired) electrons. The summed E-state index contributed by atoms with van der Waals surface area (Å²) in [5, 5.41) is 0. The van der Waals surface area contributed by atoms with Crippen LogP contribution >= 0.6 is 0 Å². The Morgan fingerprint density at radius 3 is 1.88 bits per heavy atom. The van der Waals surface area contributed by atoms with Crippen LogP contribution in [0.25, 0.3) is 33.7 Å². The van der Waals surface area contributed by atoms with Crippen LogP contribution in [0.4, 0.5) is 0 Å². The van der Waals surface area contributed by atoms with Gasteiger partial charge in [-0.05, 0) is 0 Å². The Labute approximate surface area is 142 Å². The number of nitrogens with zero attached hydrogens (tertiary/aromatic N) is 3. The minimum Gasteiger partial charge on any atom is -0.279 e. The number of benzene rings is 2. The zero-order valence-corrected chi connectivity index (χ0v) is 13.4. The van der Waals surface area contributed by atoms with E-state index in [1.807, 2.05) is 60.7 Å². The van der Waals surface area contributed by atoms with Gasteiger partial charge >= 0.3 is 5.69 Å². The largest absolute Gasteiger partial charge is 0.329 e. The highest BCUT2D eigenvalue weighted by Gasteiger charge is 2.16. The van der Waals surface area contributed by atoms with Gasteiger partial charge in [-0.2, -0.15) is 0 Å². The van der Waals surface area contributed by atoms with E-state index in [2.05, 4.69) is 15.0 Å². The fraction of sp³-hybridized carbons (Fsp3) is 0.0526. The van der Waals surface area contributed by atoms with Gasteiger partial charge in [-0.15, -0.1) is 0 Å². The zero-order chi connectivity index (χ0) is 17.4. The minimum atomic E-state index is -0.539. The summed E-state index contributed by atoms with van der Waals surface area (Å²) in [5.41, 5.74) is 2.28. The number of nitrogens with one attached hydrogen (secondary N) is 1. The second-order valence-corrected chi connectivity index (χ2v) is 5.64. The lowest BCUT2D eigenvalue weighted by Crippen LogP contribution is -2.29. The quantitative estimate of drug-likeness (QED) is 0.612. The lowest BCUT2D eigenvalue weighted by Gasteiger charge is -2.11.